The van der Waals surface area contributed by atoms with Crippen LogP contribution in [-0.2, 0) is 10.3 Å². The minimum absolute atomic E-state index is 0.245. The number of rotatable bonds is 3. The second-order valence-corrected chi connectivity index (χ2v) is 10.4. The van der Waals surface area contributed by atoms with Gasteiger partial charge in [0.1, 0.15) is 10.6 Å². The molecule has 0 radical (unpaired) electrons. The molecule has 0 saturated carbocycles. The highest BCUT2D eigenvalue weighted by Crippen LogP contribution is 2.37. The largest absolute Gasteiger partial charge is 0.444 e. The molecule has 0 atom stereocenters. The first-order valence-electron chi connectivity index (χ1n) is 9.90. The third kappa shape index (κ3) is 5.50. The van der Waals surface area contributed by atoms with Crippen molar-refractivity contribution < 1.29 is 14.6 Å². The summed E-state index contributed by atoms with van der Waals surface area (Å²) in [7, 11) is 0. The van der Waals surface area contributed by atoms with Crippen molar-refractivity contribution in [3.8, 4) is 10.6 Å². The Bertz CT molecular complexity index is 875. The predicted molar refractivity (Wildman–Crippen MR) is 118 cm³/mol. The number of hydrogen-bond acceptors (Lipinski definition) is 5. The van der Waals surface area contributed by atoms with Gasteiger partial charge in [0.05, 0.1) is 11.3 Å². The van der Waals surface area contributed by atoms with Gasteiger partial charge in [-0.05, 0) is 65.2 Å². The van der Waals surface area contributed by atoms with Gasteiger partial charge < -0.3 is 14.7 Å². The number of amides is 1. The van der Waals surface area contributed by atoms with Crippen LogP contribution in [0.1, 0.15) is 64.6 Å². The minimum atomic E-state index is -1.01. The van der Waals surface area contributed by atoms with Crippen LogP contribution in [0.25, 0.3) is 10.6 Å². The van der Waals surface area contributed by atoms with Gasteiger partial charge in [-0.25, -0.2) is 9.78 Å². The van der Waals surface area contributed by atoms with Crippen molar-refractivity contribution in [3.63, 3.8) is 0 Å². The molecule has 1 aromatic carbocycles. The Balaban J connectivity index is 1.72. The van der Waals surface area contributed by atoms with Gasteiger partial charge in [-0.1, -0.05) is 17.7 Å². The maximum Gasteiger partial charge on any atom is 0.410 e. The zero-order chi connectivity index (χ0) is 21.4. The summed E-state index contributed by atoms with van der Waals surface area (Å²) in [5, 5.41) is 14.1. The van der Waals surface area contributed by atoms with Gasteiger partial charge in [0.25, 0.3) is 0 Å². The molecule has 2 heterocycles. The summed E-state index contributed by atoms with van der Waals surface area (Å²) in [4.78, 5) is 18.9. The van der Waals surface area contributed by atoms with Crippen molar-refractivity contribution in [2.45, 2.75) is 64.6 Å². The monoisotopic (exact) mass is 436 g/mol. The molecule has 1 aliphatic rings. The maximum absolute atomic E-state index is 12.3. The van der Waals surface area contributed by atoms with E-state index in [-0.39, 0.29) is 6.09 Å². The summed E-state index contributed by atoms with van der Waals surface area (Å²) < 4.78 is 5.47. The number of carbonyl (C=O) groups is 1. The van der Waals surface area contributed by atoms with E-state index in [4.69, 9.17) is 21.3 Å². The standard InChI is InChI=1S/C22H29ClN2O3S/c1-21(2,3)28-20(26)25-10-8-14(9-11-25)18-13-29-19(24-18)16-7-6-15(23)12-17(16)22(4,5)27/h6-7,12-14,27H,8-11H2,1-5H3. The lowest BCUT2D eigenvalue weighted by Gasteiger charge is -2.32. The fourth-order valence-corrected chi connectivity index (χ4v) is 4.60. The fourth-order valence-electron chi connectivity index (χ4n) is 3.49. The number of aromatic nitrogens is 1. The summed E-state index contributed by atoms with van der Waals surface area (Å²) in [6.07, 6.45) is 1.48. The predicted octanol–water partition coefficient (Wildman–Crippen LogP) is 5.81. The van der Waals surface area contributed by atoms with Crippen LogP contribution in [0, 0.1) is 0 Å². The lowest BCUT2D eigenvalue weighted by molar-refractivity contribution is 0.0204. The van der Waals surface area contributed by atoms with Gasteiger partial charge in [0.2, 0.25) is 0 Å². The van der Waals surface area contributed by atoms with Crippen LogP contribution in [0.5, 0.6) is 0 Å². The molecule has 3 rings (SSSR count). The topological polar surface area (TPSA) is 62.7 Å². The molecular weight excluding hydrogens is 408 g/mol. The molecule has 29 heavy (non-hydrogen) atoms. The molecule has 1 fully saturated rings. The van der Waals surface area contributed by atoms with Crippen LogP contribution >= 0.6 is 22.9 Å². The number of nitrogens with zero attached hydrogens (tertiary/aromatic N) is 2. The molecule has 0 unspecified atom stereocenters. The van der Waals surface area contributed by atoms with Gasteiger partial charge in [-0.15, -0.1) is 11.3 Å². The molecule has 0 spiro atoms. The summed E-state index contributed by atoms with van der Waals surface area (Å²) in [6.45, 7) is 10.5. The highest BCUT2D eigenvalue weighted by atomic mass is 35.5. The summed E-state index contributed by atoms with van der Waals surface area (Å²) in [5.41, 5.74) is 1.24. The molecule has 1 aromatic heterocycles. The van der Waals surface area contributed by atoms with Gasteiger partial charge in [-0.2, -0.15) is 0 Å². The smallest absolute Gasteiger partial charge is 0.410 e. The van der Waals surface area contributed by atoms with E-state index >= 15 is 0 Å². The molecule has 1 amide bonds. The number of likely N-dealkylation sites (tertiary alicyclic amines) is 1. The van der Waals surface area contributed by atoms with Crippen molar-refractivity contribution in [2.24, 2.45) is 0 Å². The molecular formula is C22H29ClN2O3S. The highest BCUT2D eigenvalue weighted by molar-refractivity contribution is 7.13. The average Bonchev–Trinajstić information content (AvgIpc) is 3.09. The first kappa shape index (κ1) is 22.1. The van der Waals surface area contributed by atoms with Crippen LogP contribution < -0.4 is 0 Å². The third-order valence-corrected chi connectivity index (χ3v) is 6.09. The van der Waals surface area contributed by atoms with Crippen molar-refractivity contribution in [1.82, 2.24) is 9.88 Å². The third-order valence-electron chi connectivity index (χ3n) is 4.96. The van der Waals surface area contributed by atoms with Crippen molar-refractivity contribution in [1.29, 1.82) is 0 Å². The van der Waals surface area contributed by atoms with E-state index in [1.54, 1.807) is 36.2 Å². The summed E-state index contributed by atoms with van der Waals surface area (Å²) in [6, 6.07) is 5.55. The van der Waals surface area contributed by atoms with E-state index in [0.29, 0.717) is 24.0 Å². The first-order chi connectivity index (χ1) is 13.4. The number of halogens is 1. The van der Waals surface area contributed by atoms with E-state index in [2.05, 4.69) is 5.38 Å². The zero-order valence-electron chi connectivity index (χ0n) is 17.7. The fraction of sp³-hybridized carbons (Fsp3) is 0.545. The number of piperidine rings is 1. The summed E-state index contributed by atoms with van der Waals surface area (Å²) >= 11 is 7.72. The van der Waals surface area contributed by atoms with Gasteiger partial charge in [0, 0.05) is 35.0 Å². The first-order valence-corrected chi connectivity index (χ1v) is 11.2. The Hall–Kier alpha value is -1.63. The number of ether oxygens (including phenoxy) is 1. The summed E-state index contributed by atoms with van der Waals surface area (Å²) in [5.74, 6) is 0.316. The van der Waals surface area contributed by atoms with Crippen molar-refractivity contribution in [3.05, 3.63) is 39.9 Å². The van der Waals surface area contributed by atoms with Crippen molar-refractivity contribution in [2.75, 3.05) is 13.1 Å². The number of carbonyl (C=O) groups excluding carboxylic acids is 1. The quantitative estimate of drug-likeness (QED) is 0.659. The Morgan fingerprint density at radius 3 is 2.48 bits per heavy atom. The Kier molecular flexibility index (Phi) is 6.27. The van der Waals surface area contributed by atoms with Crippen LogP contribution in [0.2, 0.25) is 5.02 Å². The van der Waals surface area contributed by atoms with Crippen LogP contribution in [0.4, 0.5) is 4.79 Å². The molecule has 158 valence electrons. The number of aliphatic hydroxyl groups is 1. The van der Waals surface area contributed by atoms with Gasteiger partial charge >= 0.3 is 6.09 Å². The molecule has 0 bridgehead atoms. The maximum atomic E-state index is 12.3. The van der Waals surface area contributed by atoms with Gasteiger partial charge in [-0.3, -0.25) is 0 Å². The number of hydrogen-bond donors (Lipinski definition) is 1. The molecule has 1 aliphatic heterocycles. The molecule has 7 heteroatoms. The second kappa shape index (κ2) is 8.25. The molecule has 2 aromatic rings. The SMILES string of the molecule is CC(C)(C)OC(=O)N1CCC(c2csc(-c3ccc(Cl)cc3C(C)(C)O)n2)CC1. The van der Waals surface area contributed by atoms with Crippen LogP contribution in [0.15, 0.2) is 23.6 Å². The molecule has 0 aliphatic carbocycles. The van der Waals surface area contributed by atoms with Crippen LogP contribution in [0.3, 0.4) is 0 Å². The van der Waals surface area contributed by atoms with Crippen molar-refractivity contribution >= 4 is 29.0 Å². The molecule has 5 nitrogen and oxygen atoms in total. The zero-order valence-corrected chi connectivity index (χ0v) is 19.2. The second-order valence-electron chi connectivity index (χ2n) is 9.07. The number of benzene rings is 1. The Labute approximate surface area is 181 Å². The van der Waals surface area contributed by atoms with E-state index in [1.807, 2.05) is 32.9 Å². The van der Waals surface area contributed by atoms with Crippen LogP contribution in [-0.4, -0.2) is 39.8 Å². The van der Waals surface area contributed by atoms with E-state index in [1.165, 1.54) is 0 Å². The Morgan fingerprint density at radius 2 is 1.90 bits per heavy atom. The number of thiazole rings is 1. The molecule has 1 N–H and O–H groups in total. The van der Waals surface area contributed by atoms with E-state index < -0.39 is 11.2 Å². The normalized spacial score (nSPS) is 16.2. The minimum Gasteiger partial charge on any atom is -0.444 e. The van der Waals surface area contributed by atoms with Gasteiger partial charge in [0.15, 0.2) is 0 Å². The molecule has 1 saturated heterocycles. The van der Waals surface area contributed by atoms with E-state index in [0.717, 1.165) is 34.7 Å². The lowest BCUT2D eigenvalue weighted by Crippen LogP contribution is -2.41. The Morgan fingerprint density at radius 1 is 1.24 bits per heavy atom. The average molecular weight is 437 g/mol. The van der Waals surface area contributed by atoms with E-state index in [9.17, 15) is 9.90 Å². The highest BCUT2D eigenvalue weighted by Gasteiger charge is 2.29. The lowest BCUT2D eigenvalue weighted by atomic mass is 9.93.